The molecule has 0 N–H and O–H groups in total. The molecule has 90 valence electrons. The van der Waals surface area contributed by atoms with Crippen LogP contribution in [-0.4, -0.2) is 43.2 Å². The lowest BCUT2D eigenvalue weighted by atomic mass is 10.2. The van der Waals surface area contributed by atoms with Crippen molar-refractivity contribution in [1.29, 1.82) is 0 Å². The monoisotopic (exact) mass is 234 g/mol. The minimum Gasteiger partial charge on any atom is -0.195 e. The highest BCUT2D eigenvalue weighted by Crippen LogP contribution is 2.35. The summed E-state index contributed by atoms with van der Waals surface area (Å²) in [6.07, 6.45) is 2.32. The average Bonchev–Trinajstić information content (AvgIpc) is 2.97. The Hall–Kier alpha value is -0.130. The van der Waals surface area contributed by atoms with Crippen LogP contribution >= 0.6 is 0 Å². The molecule has 5 heteroatoms. The zero-order valence-corrected chi connectivity index (χ0v) is 11.1. The largest absolute Gasteiger partial charge is 0.281 e. The fourth-order valence-corrected chi connectivity index (χ4v) is 3.09. The molecule has 0 radical (unpaired) electrons. The van der Waals surface area contributed by atoms with Gasteiger partial charge in [-0.15, -0.1) is 0 Å². The third kappa shape index (κ3) is 2.71. The molecule has 0 spiro atoms. The standard InChI is InChI=1S/C10H22N2O2S/c1-8(2)11(4)15(13,14)12(5)9(3)10-6-7-10/h8-10H,6-7H2,1-5H3. The van der Waals surface area contributed by atoms with Gasteiger partial charge in [0.2, 0.25) is 0 Å². The summed E-state index contributed by atoms with van der Waals surface area (Å²) in [7, 11) is 0.0370. The molecule has 1 aliphatic rings. The maximum Gasteiger partial charge on any atom is 0.281 e. The van der Waals surface area contributed by atoms with Crippen molar-refractivity contribution < 1.29 is 8.42 Å². The number of hydrogen-bond donors (Lipinski definition) is 0. The van der Waals surface area contributed by atoms with E-state index in [1.165, 1.54) is 8.61 Å². The second kappa shape index (κ2) is 4.39. The van der Waals surface area contributed by atoms with Crippen molar-refractivity contribution in [1.82, 2.24) is 8.61 Å². The van der Waals surface area contributed by atoms with Crippen molar-refractivity contribution in [3.05, 3.63) is 0 Å². The first-order valence-corrected chi connectivity index (χ1v) is 6.89. The molecular formula is C10H22N2O2S. The van der Waals surface area contributed by atoms with Crippen LogP contribution < -0.4 is 0 Å². The highest BCUT2D eigenvalue weighted by atomic mass is 32.2. The zero-order valence-electron chi connectivity index (χ0n) is 10.3. The molecule has 4 nitrogen and oxygen atoms in total. The molecule has 0 aliphatic heterocycles. The molecule has 0 amide bonds. The van der Waals surface area contributed by atoms with E-state index < -0.39 is 10.2 Å². The summed E-state index contributed by atoms with van der Waals surface area (Å²) in [4.78, 5) is 0. The highest BCUT2D eigenvalue weighted by molar-refractivity contribution is 7.86. The predicted octanol–water partition coefficient (Wildman–Crippen LogP) is 1.30. The van der Waals surface area contributed by atoms with Crippen LogP contribution in [0, 0.1) is 5.92 Å². The van der Waals surface area contributed by atoms with Crippen LogP contribution in [-0.2, 0) is 10.2 Å². The fraction of sp³-hybridized carbons (Fsp3) is 1.00. The van der Waals surface area contributed by atoms with E-state index in [1.54, 1.807) is 14.1 Å². The number of hydrogen-bond acceptors (Lipinski definition) is 2. The van der Waals surface area contributed by atoms with Gasteiger partial charge in [-0.3, -0.25) is 0 Å². The molecule has 15 heavy (non-hydrogen) atoms. The van der Waals surface area contributed by atoms with Crippen LogP contribution in [0.1, 0.15) is 33.6 Å². The molecule has 1 atom stereocenters. The van der Waals surface area contributed by atoms with Crippen LogP contribution in [0.25, 0.3) is 0 Å². The summed E-state index contributed by atoms with van der Waals surface area (Å²) in [6, 6.07) is 0.125. The van der Waals surface area contributed by atoms with Gasteiger partial charge in [-0.1, -0.05) is 0 Å². The average molecular weight is 234 g/mol. The van der Waals surface area contributed by atoms with Crippen LogP contribution in [0.2, 0.25) is 0 Å². The van der Waals surface area contributed by atoms with Crippen molar-refractivity contribution in [3.63, 3.8) is 0 Å². The third-order valence-electron chi connectivity index (χ3n) is 3.33. The highest BCUT2D eigenvalue weighted by Gasteiger charge is 2.37. The van der Waals surface area contributed by atoms with Gasteiger partial charge in [0.15, 0.2) is 0 Å². The smallest absolute Gasteiger partial charge is 0.195 e. The second-order valence-electron chi connectivity index (χ2n) is 4.71. The molecular weight excluding hydrogens is 212 g/mol. The van der Waals surface area contributed by atoms with Gasteiger partial charge in [-0.25, -0.2) is 0 Å². The van der Waals surface area contributed by atoms with Crippen LogP contribution in [0.3, 0.4) is 0 Å². The van der Waals surface area contributed by atoms with Gasteiger partial charge in [0.05, 0.1) is 0 Å². The molecule has 0 heterocycles. The predicted molar refractivity (Wildman–Crippen MR) is 61.8 cm³/mol. The van der Waals surface area contributed by atoms with E-state index >= 15 is 0 Å². The van der Waals surface area contributed by atoms with Gasteiger partial charge in [-0.05, 0) is 39.5 Å². The lowest BCUT2D eigenvalue weighted by Gasteiger charge is -2.30. The zero-order chi connectivity index (χ0) is 11.8. The van der Waals surface area contributed by atoms with Gasteiger partial charge in [0.1, 0.15) is 0 Å². The quantitative estimate of drug-likeness (QED) is 0.719. The minimum atomic E-state index is -3.28. The van der Waals surface area contributed by atoms with Crippen LogP contribution in [0.15, 0.2) is 0 Å². The Balaban J connectivity index is 2.75. The molecule has 0 aromatic heterocycles. The van der Waals surface area contributed by atoms with E-state index in [9.17, 15) is 8.42 Å². The minimum absolute atomic E-state index is 0.00357. The Labute approximate surface area is 93.4 Å². The SMILES string of the molecule is CC(C)N(C)S(=O)(=O)N(C)C(C)C1CC1. The topological polar surface area (TPSA) is 40.6 Å². The molecule has 0 aromatic carbocycles. The first-order valence-electron chi connectivity index (χ1n) is 5.49. The van der Waals surface area contributed by atoms with Crippen molar-refractivity contribution >= 4 is 10.2 Å². The van der Waals surface area contributed by atoms with E-state index in [0.29, 0.717) is 5.92 Å². The fourth-order valence-electron chi connectivity index (χ4n) is 1.56. The molecule has 0 bridgehead atoms. The van der Waals surface area contributed by atoms with E-state index in [1.807, 2.05) is 20.8 Å². The van der Waals surface area contributed by atoms with Crippen LogP contribution in [0.4, 0.5) is 0 Å². The number of nitrogens with zero attached hydrogens (tertiary/aromatic N) is 2. The Morgan fingerprint density at radius 3 is 1.87 bits per heavy atom. The summed E-state index contributed by atoms with van der Waals surface area (Å²) in [5.74, 6) is 0.560. The lowest BCUT2D eigenvalue weighted by molar-refractivity contribution is 0.307. The Morgan fingerprint density at radius 2 is 1.53 bits per heavy atom. The lowest BCUT2D eigenvalue weighted by Crippen LogP contribution is -2.47. The van der Waals surface area contributed by atoms with Crippen molar-refractivity contribution in [2.24, 2.45) is 5.92 Å². The Bertz CT molecular complexity index is 309. The number of rotatable bonds is 5. The normalized spacial score (nSPS) is 20.3. The summed E-state index contributed by atoms with van der Waals surface area (Å²) < 4.78 is 27.1. The molecule has 1 rings (SSSR count). The first-order chi connectivity index (χ1) is 6.78. The summed E-state index contributed by atoms with van der Waals surface area (Å²) in [6.45, 7) is 5.75. The van der Waals surface area contributed by atoms with Gasteiger partial charge in [0, 0.05) is 26.2 Å². The van der Waals surface area contributed by atoms with Crippen molar-refractivity contribution in [2.45, 2.75) is 45.7 Å². The van der Waals surface area contributed by atoms with E-state index in [2.05, 4.69) is 0 Å². The summed E-state index contributed by atoms with van der Waals surface area (Å²) in [5, 5.41) is 0. The van der Waals surface area contributed by atoms with E-state index in [-0.39, 0.29) is 12.1 Å². The van der Waals surface area contributed by atoms with Crippen molar-refractivity contribution in [2.75, 3.05) is 14.1 Å². The molecule has 0 aromatic rings. The Morgan fingerprint density at radius 1 is 1.07 bits per heavy atom. The molecule has 1 aliphatic carbocycles. The maximum absolute atomic E-state index is 12.1. The second-order valence-corrected chi connectivity index (χ2v) is 6.76. The molecule has 1 fully saturated rings. The molecule has 1 unspecified atom stereocenters. The molecule has 0 saturated heterocycles. The summed E-state index contributed by atoms with van der Waals surface area (Å²) in [5.41, 5.74) is 0. The van der Waals surface area contributed by atoms with E-state index in [0.717, 1.165) is 12.8 Å². The Kier molecular flexibility index (Phi) is 3.79. The first kappa shape index (κ1) is 12.9. The van der Waals surface area contributed by atoms with Gasteiger partial charge >= 0.3 is 0 Å². The third-order valence-corrected chi connectivity index (χ3v) is 5.54. The maximum atomic E-state index is 12.1. The van der Waals surface area contributed by atoms with Gasteiger partial charge in [-0.2, -0.15) is 17.0 Å². The van der Waals surface area contributed by atoms with Crippen molar-refractivity contribution in [3.8, 4) is 0 Å². The van der Waals surface area contributed by atoms with E-state index in [4.69, 9.17) is 0 Å². The van der Waals surface area contributed by atoms with Gasteiger partial charge in [0.25, 0.3) is 10.2 Å². The van der Waals surface area contributed by atoms with Crippen LogP contribution in [0.5, 0.6) is 0 Å². The molecule has 1 saturated carbocycles. The van der Waals surface area contributed by atoms with Gasteiger partial charge < -0.3 is 0 Å². The summed E-state index contributed by atoms with van der Waals surface area (Å²) >= 11 is 0.